The molecule has 5 heteroatoms. The largest absolute Gasteiger partial charge is 0.298 e. The third kappa shape index (κ3) is 3.87. The molecule has 1 heterocycles. The van der Waals surface area contributed by atoms with E-state index in [1.54, 1.807) is 4.68 Å². The first-order valence-corrected chi connectivity index (χ1v) is 7.87. The van der Waals surface area contributed by atoms with Gasteiger partial charge < -0.3 is 0 Å². The Morgan fingerprint density at radius 3 is 2.80 bits per heavy atom. The second-order valence-electron chi connectivity index (χ2n) is 4.54. The van der Waals surface area contributed by atoms with Crippen molar-refractivity contribution in [2.75, 3.05) is 5.75 Å². The molecule has 0 amide bonds. The van der Waals surface area contributed by atoms with Gasteiger partial charge in [-0.15, -0.1) is 11.8 Å². The lowest BCUT2D eigenvalue weighted by atomic mass is 10.2. The van der Waals surface area contributed by atoms with Crippen LogP contribution >= 0.6 is 23.4 Å². The van der Waals surface area contributed by atoms with Gasteiger partial charge in [-0.3, -0.25) is 9.48 Å². The van der Waals surface area contributed by atoms with E-state index in [9.17, 15) is 4.79 Å². The number of carbonyl (C=O) groups is 1. The molecule has 1 aromatic heterocycles. The Hall–Kier alpha value is -1.26. The predicted molar refractivity (Wildman–Crippen MR) is 83.5 cm³/mol. The van der Waals surface area contributed by atoms with E-state index in [-0.39, 0.29) is 5.78 Å². The molecule has 3 nitrogen and oxygen atoms in total. The van der Waals surface area contributed by atoms with Gasteiger partial charge in [-0.1, -0.05) is 30.7 Å². The zero-order valence-corrected chi connectivity index (χ0v) is 13.2. The third-order valence-electron chi connectivity index (χ3n) is 2.99. The Kier molecular flexibility index (Phi) is 5.26. The molecule has 0 fully saturated rings. The van der Waals surface area contributed by atoms with Crippen molar-refractivity contribution in [2.45, 2.75) is 24.7 Å². The van der Waals surface area contributed by atoms with Crippen LogP contribution in [0.3, 0.4) is 0 Å². The molecule has 0 spiro atoms. The molecule has 106 valence electrons. The van der Waals surface area contributed by atoms with Gasteiger partial charge in [0.25, 0.3) is 0 Å². The predicted octanol–water partition coefficient (Wildman–Crippen LogP) is 3.54. The lowest BCUT2D eigenvalue weighted by Crippen LogP contribution is -2.09. The summed E-state index contributed by atoms with van der Waals surface area (Å²) in [4.78, 5) is 13.0. The Morgan fingerprint density at radius 1 is 1.40 bits per heavy atom. The van der Waals surface area contributed by atoms with Gasteiger partial charge in [-0.2, -0.15) is 5.10 Å². The number of rotatable bonds is 6. The smallest absolute Gasteiger partial charge is 0.149 e. The molecule has 20 heavy (non-hydrogen) atoms. The number of Topliss-reactive ketones (excluding diaryl/α,β-unsaturated/α-hetero) is 1. The molecule has 0 radical (unpaired) electrons. The number of hydrogen-bond acceptors (Lipinski definition) is 3. The van der Waals surface area contributed by atoms with Crippen LogP contribution < -0.4 is 0 Å². The molecule has 0 saturated heterocycles. The summed E-state index contributed by atoms with van der Waals surface area (Å²) in [7, 11) is 1.88. The number of thioether (sulfide) groups is 1. The number of halogens is 1. The van der Waals surface area contributed by atoms with Gasteiger partial charge in [0.05, 0.1) is 16.5 Å². The van der Waals surface area contributed by atoms with Crippen molar-refractivity contribution in [1.82, 2.24) is 9.78 Å². The summed E-state index contributed by atoms with van der Waals surface area (Å²) < 4.78 is 1.79. The van der Waals surface area contributed by atoms with E-state index in [1.807, 2.05) is 37.4 Å². The van der Waals surface area contributed by atoms with E-state index in [4.69, 9.17) is 11.6 Å². The van der Waals surface area contributed by atoms with E-state index < -0.39 is 0 Å². The van der Waals surface area contributed by atoms with Gasteiger partial charge in [-0.05, 0) is 24.6 Å². The molecule has 2 rings (SSSR count). The standard InChI is InChI=1S/C15H17ClN2OS/c1-3-11-8-12(18(2)17-11)9-13(19)10-20-15-7-5-4-6-14(15)16/h4-8H,3,9-10H2,1-2H3. The van der Waals surface area contributed by atoms with Gasteiger partial charge in [0, 0.05) is 24.1 Å². The molecule has 0 aliphatic carbocycles. The summed E-state index contributed by atoms with van der Waals surface area (Å²) in [5, 5.41) is 5.04. The van der Waals surface area contributed by atoms with E-state index in [1.165, 1.54) is 11.8 Å². The third-order valence-corrected chi connectivity index (χ3v) is 4.57. The summed E-state index contributed by atoms with van der Waals surface area (Å²) in [5.41, 5.74) is 1.99. The fraction of sp³-hybridized carbons (Fsp3) is 0.333. The minimum Gasteiger partial charge on any atom is -0.298 e. The van der Waals surface area contributed by atoms with E-state index in [2.05, 4.69) is 12.0 Å². The molecular formula is C15H17ClN2OS. The van der Waals surface area contributed by atoms with Crippen molar-refractivity contribution < 1.29 is 4.79 Å². The van der Waals surface area contributed by atoms with Crippen LogP contribution in [0.2, 0.25) is 5.02 Å². The van der Waals surface area contributed by atoms with Crippen molar-refractivity contribution >= 4 is 29.1 Å². The summed E-state index contributed by atoms with van der Waals surface area (Å²) in [6.07, 6.45) is 1.30. The average molecular weight is 309 g/mol. The summed E-state index contributed by atoms with van der Waals surface area (Å²) in [6.45, 7) is 2.06. The summed E-state index contributed by atoms with van der Waals surface area (Å²) in [5.74, 6) is 0.608. The van der Waals surface area contributed by atoms with Gasteiger partial charge in [-0.25, -0.2) is 0 Å². The number of hydrogen-bond donors (Lipinski definition) is 0. The molecule has 0 aliphatic rings. The molecule has 0 unspecified atom stereocenters. The van der Waals surface area contributed by atoms with Crippen LogP contribution in [0.4, 0.5) is 0 Å². The minimum absolute atomic E-state index is 0.181. The summed E-state index contributed by atoms with van der Waals surface area (Å²) in [6, 6.07) is 9.57. The molecule has 0 aliphatic heterocycles. The first-order chi connectivity index (χ1) is 9.60. The van der Waals surface area contributed by atoms with Crippen molar-refractivity contribution in [3.05, 3.63) is 46.7 Å². The van der Waals surface area contributed by atoms with Crippen LogP contribution in [0.5, 0.6) is 0 Å². The van der Waals surface area contributed by atoms with Crippen LogP contribution in [0, 0.1) is 0 Å². The summed E-state index contributed by atoms with van der Waals surface area (Å²) >= 11 is 7.55. The van der Waals surface area contributed by atoms with Crippen LogP contribution in [0.15, 0.2) is 35.2 Å². The second-order valence-corrected chi connectivity index (χ2v) is 5.96. The van der Waals surface area contributed by atoms with Crippen LogP contribution in [0.1, 0.15) is 18.3 Å². The highest BCUT2D eigenvalue weighted by atomic mass is 35.5. The number of aryl methyl sites for hydroxylation is 2. The fourth-order valence-electron chi connectivity index (χ4n) is 1.88. The van der Waals surface area contributed by atoms with Crippen molar-refractivity contribution in [2.24, 2.45) is 7.05 Å². The molecule has 0 saturated carbocycles. The zero-order valence-electron chi connectivity index (χ0n) is 11.6. The maximum Gasteiger partial charge on any atom is 0.149 e. The van der Waals surface area contributed by atoms with Gasteiger partial charge in [0.2, 0.25) is 0 Å². The number of carbonyl (C=O) groups excluding carboxylic acids is 1. The maximum atomic E-state index is 12.0. The quantitative estimate of drug-likeness (QED) is 0.766. The normalized spacial score (nSPS) is 10.8. The number of benzene rings is 1. The highest BCUT2D eigenvalue weighted by Crippen LogP contribution is 2.26. The fourth-order valence-corrected chi connectivity index (χ4v) is 2.98. The lowest BCUT2D eigenvalue weighted by molar-refractivity contribution is -0.116. The Balaban J connectivity index is 1.92. The maximum absolute atomic E-state index is 12.0. The van der Waals surface area contributed by atoms with Crippen LogP contribution in [-0.4, -0.2) is 21.3 Å². The molecule has 0 bridgehead atoms. The van der Waals surface area contributed by atoms with Crippen LogP contribution in [-0.2, 0) is 24.7 Å². The van der Waals surface area contributed by atoms with Crippen molar-refractivity contribution in [3.8, 4) is 0 Å². The monoisotopic (exact) mass is 308 g/mol. The number of ketones is 1. The minimum atomic E-state index is 0.181. The van der Waals surface area contributed by atoms with Gasteiger partial charge in [0.15, 0.2) is 0 Å². The lowest BCUT2D eigenvalue weighted by Gasteiger charge is -2.04. The zero-order chi connectivity index (χ0) is 14.5. The Morgan fingerprint density at radius 2 is 2.15 bits per heavy atom. The molecular weight excluding hydrogens is 292 g/mol. The van der Waals surface area contributed by atoms with Crippen molar-refractivity contribution in [1.29, 1.82) is 0 Å². The van der Waals surface area contributed by atoms with E-state index in [0.29, 0.717) is 17.2 Å². The number of aromatic nitrogens is 2. The molecule has 0 atom stereocenters. The van der Waals surface area contributed by atoms with E-state index >= 15 is 0 Å². The molecule has 2 aromatic rings. The Bertz CT molecular complexity index is 610. The topological polar surface area (TPSA) is 34.9 Å². The highest BCUT2D eigenvalue weighted by molar-refractivity contribution is 8.00. The second kappa shape index (κ2) is 6.95. The van der Waals surface area contributed by atoms with Gasteiger partial charge in [0.1, 0.15) is 5.78 Å². The Labute approximate surface area is 128 Å². The highest BCUT2D eigenvalue weighted by Gasteiger charge is 2.10. The van der Waals surface area contributed by atoms with Crippen molar-refractivity contribution in [3.63, 3.8) is 0 Å². The van der Waals surface area contributed by atoms with Crippen LogP contribution in [0.25, 0.3) is 0 Å². The number of nitrogens with zero attached hydrogens (tertiary/aromatic N) is 2. The SMILES string of the molecule is CCc1cc(CC(=O)CSc2ccccc2Cl)n(C)n1. The first-order valence-electron chi connectivity index (χ1n) is 6.51. The average Bonchev–Trinajstić information content (AvgIpc) is 2.78. The first kappa shape index (κ1) is 15.1. The molecule has 1 aromatic carbocycles. The van der Waals surface area contributed by atoms with E-state index in [0.717, 1.165) is 22.7 Å². The molecule has 0 N–H and O–H groups in total. The van der Waals surface area contributed by atoms with Gasteiger partial charge >= 0.3 is 0 Å².